The van der Waals surface area contributed by atoms with Crippen molar-refractivity contribution in [2.75, 3.05) is 48.3 Å². The molecule has 1 rings (SSSR count). The van der Waals surface area contributed by atoms with Crippen LogP contribution in [-0.4, -0.2) is 94.1 Å². The molecule has 31 heavy (non-hydrogen) atoms. The Kier molecular flexibility index (Phi) is 12.9. The molecule has 0 aliphatic carbocycles. The molecule has 1 aliphatic rings. The zero-order chi connectivity index (χ0) is 23.5. The maximum atomic E-state index is 6.41. The summed E-state index contributed by atoms with van der Waals surface area (Å²) in [4.78, 5) is 0. The van der Waals surface area contributed by atoms with Gasteiger partial charge in [-0.2, -0.15) is 0 Å². The van der Waals surface area contributed by atoms with Gasteiger partial charge in [0.1, 0.15) is 0 Å². The van der Waals surface area contributed by atoms with Gasteiger partial charge in [-0.25, -0.2) is 0 Å². The van der Waals surface area contributed by atoms with Crippen molar-refractivity contribution in [3.05, 3.63) is 0 Å². The standard InChI is InChI=1S/C22H40GeO7Si/c1-23(2,3)12-10-18-20(14-27-15-24-4)30-19(11-13-31(7,8)9)22(29-17-26-6)21(18)28-16-25-5/h18-22H,14-17H2,1-9H3/t18-,19-,20-,21+,22+/m1/s1. The summed E-state index contributed by atoms with van der Waals surface area (Å²) in [6, 6.07) is 0. The average molecular weight is 517 g/mol. The quantitative estimate of drug-likeness (QED) is 0.191. The second-order valence-electron chi connectivity index (χ2n) is 9.51. The summed E-state index contributed by atoms with van der Waals surface area (Å²) in [7, 11) is 3.15. The molecule has 1 saturated heterocycles. The van der Waals surface area contributed by atoms with Crippen LogP contribution in [0.4, 0.5) is 0 Å². The zero-order valence-corrected chi connectivity index (χ0v) is 23.7. The van der Waals surface area contributed by atoms with Crippen molar-refractivity contribution in [3.63, 3.8) is 0 Å². The maximum absolute atomic E-state index is 6.41. The molecule has 1 aliphatic heterocycles. The summed E-state index contributed by atoms with van der Waals surface area (Å²) >= 11 is -2.14. The molecule has 0 aromatic carbocycles. The number of methoxy groups -OCH3 is 3. The fourth-order valence-electron chi connectivity index (χ4n) is 2.88. The minimum absolute atomic E-state index is 0.105. The predicted octanol–water partition coefficient (Wildman–Crippen LogP) is 2.73. The van der Waals surface area contributed by atoms with Crippen molar-refractivity contribution < 1.29 is 33.2 Å². The van der Waals surface area contributed by atoms with Gasteiger partial charge in [-0.3, -0.25) is 0 Å². The summed E-state index contributed by atoms with van der Waals surface area (Å²) in [6.07, 6.45) is -1.70. The molecule has 0 bridgehead atoms. The Bertz CT molecular complexity index is 639. The van der Waals surface area contributed by atoms with E-state index in [1.807, 2.05) is 0 Å². The van der Waals surface area contributed by atoms with Crippen LogP contribution in [0.2, 0.25) is 36.9 Å². The molecular weight excluding hydrogens is 477 g/mol. The first-order chi connectivity index (χ1) is 14.5. The van der Waals surface area contributed by atoms with Crippen molar-refractivity contribution in [2.45, 2.75) is 61.3 Å². The number of hydrogen-bond donors (Lipinski definition) is 0. The second kappa shape index (κ2) is 14.0. The number of hydrogen-bond acceptors (Lipinski definition) is 7. The van der Waals surface area contributed by atoms with Gasteiger partial charge >= 0.3 is 192 Å². The van der Waals surface area contributed by atoms with Gasteiger partial charge in [0.15, 0.2) is 0 Å². The van der Waals surface area contributed by atoms with Crippen LogP contribution in [0.1, 0.15) is 0 Å². The molecule has 0 amide bonds. The first-order valence-electron chi connectivity index (χ1n) is 10.5. The Hall–Kier alpha value is -0.400. The molecule has 178 valence electrons. The third-order valence-electron chi connectivity index (χ3n) is 4.14. The summed E-state index contributed by atoms with van der Waals surface area (Å²) in [5, 5.41) is 0. The van der Waals surface area contributed by atoms with Crippen molar-refractivity contribution >= 4 is 21.3 Å². The van der Waals surface area contributed by atoms with Crippen molar-refractivity contribution in [1.82, 2.24) is 0 Å². The van der Waals surface area contributed by atoms with Gasteiger partial charge in [0, 0.05) is 0 Å². The second-order valence-corrected chi connectivity index (χ2v) is 24.2. The van der Waals surface area contributed by atoms with E-state index in [9.17, 15) is 0 Å². The molecular formula is C22H40GeO7Si. The summed E-state index contributed by atoms with van der Waals surface area (Å²) < 4.78 is 43.1. The minimum atomic E-state index is -2.14. The molecule has 0 spiro atoms. The Morgan fingerprint density at radius 1 is 0.839 bits per heavy atom. The van der Waals surface area contributed by atoms with Gasteiger partial charge < -0.3 is 0 Å². The van der Waals surface area contributed by atoms with Gasteiger partial charge in [0.05, 0.1) is 0 Å². The monoisotopic (exact) mass is 518 g/mol. The molecule has 0 unspecified atom stereocenters. The SMILES string of the molecule is COCOC[C@H]1O[C@H](C#C[Si](C)(C)C)[C@H](OCOC)[C@@H](OCOC)[C@@H]1C#[C][Ge]([CH3])([CH3])[CH3]. The zero-order valence-electron chi connectivity index (χ0n) is 20.6. The summed E-state index contributed by atoms with van der Waals surface area (Å²) in [5.41, 5.74) is 3.40. The molecule has 0 aromatic heterocycles. The van der Waals surface area contributed by atoms with E-state index < -0.39 is 39.7 Å². The van der Waals surface area contributed by atoms with Crippen LogP contribution >= 0.6 is 0 Å². The number of ether oxygens (including phenoxy) is 7. The Morgan fingerprint density at radius 3 is 1.94 bits per heavy atom. The number of rotatable bonds is 10. The molecule has 0 N–H and O–H groups in total. The topological polar surface area (TPSA) is 64.6 Å². The van der Waals surface area contributed by atoms with Crippen molar-refractivity contribution in [1.29, 1.82) is 0 Å². The van der Waals surface area contributed by atoms with E-state index in [-0.39, 0.29) is 32.4 Å². The third-order valence-corrected chi connectivity index (χ3v) is 6.91. The molecule has 9 heteroatoms. The normalized spacial score (nSPS) is 26.5. The van der Waals surface area contributed by atoms with Crippen LogP contribution in [0.3, 0.4) is 0 Å². The molecule has 0 radical (unpaired) electrons. The van der Waals surface area contributed by atoms with E-state index in [4.69, 9.17) is 33.2 Å². The molecule has 5 atom stereocenters. The first kappa shape index (κ1) is 28.6. The van der Waals surface area contributed by atoms with Crippen LogP contribution in [0.15, 0.2) is 0 Å². The van der Waals surface area contributed by atoms with E-state index in [0.29, 0.717) is 6.61 Å². The van der Waals surface area contributed by atoms with E-state index >= 15 is 0 Å². The van der Waals surface area contributed by atoms with Crippen LogP contribution in [-0.2, 0) is 33.2 Å². The van der Waals surface area contributed by atoms with Gasteiger partial charge in [-0.1, -0.05) is 0 Å². The van der Waals surface area contributed by atoms with Crippen LogP contribution in [0.5, 0.6) is 0 Å². The van der Waals surface area contributed by atoms with Gasteiger partial charge in [-0.05, 0) is 0 Å². The predicted molar refractivity (Wildman–Crippen MR) is 126 cm³/mol. The molecule has 1 fully saturated rings. The van der Waals surface area contributed by atoms with E-state index in [1.54, 1.807) is 21.3 Å². The van der Waals surface area contributed by atoms with Gasteiger partial charge in [0.25, 0.3) is 0 Å². The van der Waals surface area contributed by atoms with Gasteiger partial charge in [-0.15, -0.1) is 0 Å². The van der Waals surface area contributed by atoms with Crippen LogP contribution in [0, 0.1) is 28.1 Å². The van der Waals surface area contributed by atoms with E-state index in [1.165, 1.54) is 0 Å². The molecule has 0 aromatic rings. The fourth-order valence-corrected chi connectivity index (χ4v) is 4.72. The Balaban J connectivity index is 3.37. The summed E-state index contributed by atoms with van der Waals surface area (Å²) in [6.45, 7) is 7.29. The molecule has 0 saturated carbocycles. The Labute approximate surface area is 192 Å². The summed E-state index contributed by atoms with van der Waals surface area (Å²) in [5.74, 6) is 13.2. The molecule has 1 heterocycles. The van der Waals surface area contributed by atoms with Gasteiger partial charge in [0.2, 0.25) is 0 Å². The third kappa shape index (κ3) is 11.3. The van der Waals surface area contributed by atoms with Crippen molar-refractivity contribution in [2.24, 2.45) is 5.92 Å². The van der Waals surface area contributed by atoms with E-state index in [2.05, 4.69) is 59.0 Å². The van der Waals surface area contributed by atoms with Crippen LogP contribution < -0.4 is 0 Å². The first-order valence-corrected chi connectivity index (χ1v) is 21.4. The Morgan fingerprint density at radius 2 is 1.42 bits per heavy atom. The fraction of sp³-hybridized carbons (Fsp3) is 0.818. The van der Waals surface area contributed by atoms with Crippen molar-refractivity contribution in [3.8, 4) is 22.1 Å². The van der Waals surface area contributed by atoms with Crippen LogP contribution in [0.25, 0.3) is 0 Å². The average Bonchev–Trinajstić information content (AvgIpc) is 2.67. The van der Waals surface area contributed by atoms with E-state index in [0.717, 1.165) is 0 Å². The molecule has 7 nitrogen and oxygen atoms in total.